The molecule has 0 saturated carbocycles. The standard InChI is InChI=1S/C18H16ClF2N3O4S2/c19-10-1-4-12(5-2-10)30(27,28)15-8-22-18(24-17(15)26)29-9-16(25)23-14-6-3-11(20)7-13(14)21/h1-7,15,18,22H,8-9H2,(H,23,25)(H,24,26). The minimum atomic E-state index is -3.93. The van der Waals surface area contributed by atoms with Crippen molar-refractivity contribution in [3.05, 3.63) is 59.1 Å². The lowest BCUT2D eigenvalue weighted by Gasteiger charge is -2.29. The number of carbonyl (C=O) groups excluding carboxylic acids is 2. The van der Waals surface area contributed by atoms with Crippen molar-refractivity contribution >= 4 is 50.7 Å². The third kappa shape index (κ3) is 5.28. The zero-order chi connectivity index (χ0) is 21.9. The van der Waals surface area contributed by atoms with E-state index in [4.69, 9.17) is 11.6 Å². The average molecular weight is 476 g/mol. The average Bonchev–Trinajstić information content (AvgIpc) is 2.69. The van der Waals surface area contributed by atoms with Crippen molar-refractivity contribution in [3.8, 4) is 0 Å². The first kappa shape index (κ1) is 22.5. The third-order valence-corrected chi connectivity index (χ3v) is 7.52. The summed E-state index contributed by atoms with van der Waals surface area (Å²) < 4.78 is 51.8. The number of amides is 2. The molecule has 12 heteroatoms. The first-order chi connectivity index (χ1) is 14.2. The van der Waals surface area contributed by atoms with Crippen LogP contribution in [0.2, 0.25) is 5.02 Å². The van der Waals surface area contributed by atoms with Crippen LogP contribution in [0.4, 0.5) is 14.5 Å². The van der Waals surface area contributed by atoms with Crippen molar-refractivity contribution in [1.29, 1.82) is 0 Å². The van der Waals surface area contributed by atoms with E-state index in [-0.39, 0.29) is 22.9 Å². The Labute approximate surface area is 180 Å². The summed E-state index contributed by atoms with van der Waals surface area (Å²) in [4.78, 5) is 24.3. The number of rotatable bonds is 6. The van der Waals surface area contributed by atoms with E-state index in [1.807, 2.05) is 0 Å². The Kier molecular flexibility index (Phi) is 6.96. The van der Waals surface area contributed by atoms with Gasteiger partial charge < -0.3 is 10.6 Å². The van der Waals surface area contributed by atoms with Crippen LogP contribution < -0.4 is 16.0 Å². The molecule has 0 bridgehead atoms. The highest BCUT2D eigenvalue weighted by Crippen LogP contribution is 2.22. The van der Waals surface area contributed by atoms with E-state index in [2.05, 4.69) is 16.0 Å². The number of halogens is 3. The minimum Gasteiger partial charge on any atom is -0.331 e. The zero-order valence-electron chi connectivity index (χ0n) is 15.2. The lowest BCUT2D eigenvalue weighted by molar-refractivity contribution is -0.122. The third-order valence-electron chi connectivity index (χ3n) is 4.16. The molecule has 1 heterocycles. The Bertz CT molecular complexity index is 1070. The van der Waals surface area contributed by atoms with Gasteiger partial charge in [0, 0.05) is 17.6 Å². The van der Waals surface area contributed by atoms with E-state index >= 15 is 0 Å². The molecule has 0 aliphatic carbocycles. The van der Waals surface area contributed by atoms with Crippen molar-refractivity contribution in [2.75, 3.05) is 17.6 Å². The van der Waals surface area contributed by atoms with Crippen LogP contribution in [0.1, 0.15) is 0 Å². The highest BCUT2D eigenvalue weighted by molar-refractivity contribution is 8.00. The van der Waals surface area contributed by atoms with Crippen LogP contribution in [0, 0.1) is 11.6 Å². The van der Waals surface area contributed by atoms with Gasteiger partial charge in [0.2, 0.25) is 11.8 Å². The second kappa shape index (κ2) is 9.29. The second-order valence-corrected chi connectivity index (χ2v) is 9.93. The SMILES string of the molecule is O=C(CSC1NCC(S(=O)(=O)c2ccc(Cl)cc2)C(=O)N1)Nc1ccc(F)cc1F. The Morgan fingerprint density at radius 1 is 1.20 bits per heavy atom. The van der Waals surface area contributed by atoms with Gasteiger partial charge in [0.25, 0.3) is 0 Å². The van der Waals surface area contributed by atoms with Gasteiger partial charge in [-0.1, -0.05) is 11.6 Å². The van der Waals surface area contributed by atoms with E-state index < -0.39 is 44.0 Å². The van der Waals surface area contributed by atoms with Crippen molar-refractivity contribution in [2.24, 2.45) is 0 Å². The van der Waals surface area contributed by atoms with Gasteiger partial charge in [0.1, 0.15) is 17.1 Å². The van der Waals surface area contributed by atoms with Gasteiger partial charge in [-0.2, -0.15) is 0 Å². The van der Waals surface area contributed by atoms with E-state index in [9.17, 15) is 26.8 Å². The van der Waals surface area contributed by atoms with Crippen molar-refractivity contribution in [1.82, 2.24) is 10.6 Å². The lowest BCUT2D eigenvalue weighted by atomic mass is 10.3. The van der Waals surface area contributed by atoms with Crippen LogP contribution in [0.5, 0.6) is 0 Å². The molecule has 0 radical (unpaired) electrons. The highest BCUT2D eigenvalue weighted by Gasteiger charge is 2.38. The molecule has 1 aliphatic heterocycles. The van der Waals surface area contributed by atoms with Crippen LogP contribution in [-0.4, -0.2) is 43.3 Å². The summed E-state index contributed by atoms with van der Waals surface area (Å²) in [5.41, 5.74) is -0.880. The van der Waals surface area contributed by atoms with Gasteiger partial charge in [0.15, 0.2) is 15.1 Å². The molecule has 1 fully saturated rings. The maximum Gasteiger partial charge on any atom is 0.241 e. The summed E-state index contributed by atoms with van der Waals surface area (Å²) in [7, 11) is -3.93. The van der Waals surface area contributed by atoms with Gasteiger partial charge in [-0.25, -0.2) is 17.2 Å². The smallest absolute Gasteiger partial charge is 0.241 e. The molecular formula is C18H16ClF2N3O4S2. The van der Waals surface area contributed by atoms with Crippen molar-refractivity contribution in [2.45, 2.75) is 15.6 Å². The molecule has 2 unspecified atom stereocenters. The molecule has 2 amide bonds. The van der Waals surface area contributed by atoms with Gasteiger partial charge in [-0.3, -0.25) is 14.9 Å². The monoisotopic (exact) mass is 475 g/mol. The lowest BCUT2D eigenvalue weighted by Crippen LogP contribution is -2.59. The molecule has 1 aliphatic rings. The minimum absolute atomic E-state index is 0.0272. The molecule has 2 atom stereocenters. The Morgan fingerprint density at radius 3 is 2.53 bits per heavy atom. The first-order valence-corrected chi connectivity index (χ1v) is 11.5. The molecule has 7 nitrogen and oxygen atoms in total. The summed E-state index contributed by atoms with van der Waals surface area (Å²) >= 11 is 6.75. The molecule has 160 valence electrons. The predicted molar refractivity (Wildman–Crippen MR) is 110 cm³/mol. The highest BCUT2D eigenvalue weighted by atomic mass is 35.5. The Hall–Kier alpha value is -2.21. The largest absolute Gasteiger partial charge is 0.331 e. The fourth-order valence-electron chi connectivity index (χ4n) is 2.66. The van der Waals surface area contributed by atoms with Crippen LogP contribution in [0.25, 0.3) is 0 Å². The molecule has 2 aromatic rings. The summed E-state index contributed by atoms with van der Waals surface area (Å²) in [6.07, 6.45) is 0. The molecule has 3 N–H and O–H groups in total. The maximum absolute atomic E-state index is 13.6. The fourth-order valence-corrected chi connectivity index (χ4v) is 5.10. The zero-order valence-corrected chi connectivity index (χ0v) is 17.6. The van der Waals surface area contributed by atoms with E-state index in [0.29, 0.717) is 11.1 Å². The van der Waals surface area contributed by atoms with Gasteiger partial charge in [0.05, 0.1) is 16.3 Å². The Morgan fingerprint density at radius 2 is 1.90 bits per heavy atom. The van der Waals surface area contributed by atoms with Gasteiger partial charge >= 0.3 is 0 Å². The number of benzene rings is 2. The Balaban J connectivity index is 1.54. The fraction of sp³-hybridized carbons (Fsp3) is 0.222. The molecule has 1 saturated heterocycles. The topological polar surface area (TPSA) is 104 Å². The quantitative estimate of drug-likeness (QED) is 0.591. The van der Waals surface area contributed by atoms with Gasteiger partial charge in [-0.05, 0) is 36.4 Å². The summed E-state index contributed by atoms with van der Waals surface area (Å²) in [6, 6.07) is 8.24. The van der Waals surface area contributed by atoms with Gasteiger partial charge in [-0.15, -0.1) is 11.8 Å². The second-order valence-electron chi connectivity index (χ2n) is 6.27. The van der Waals surface area contributed by atoms with Crippen molar-refractivity contribution < 1.29 is 26.8 Å². The number of thioether (sulfide) groups is 1. The number of sulfone groups is 1. The van der Waals surface area contributed by atoms with Crippen LogP contribution >= 0.6 is 23.4 Å². The molecule has 3 rings (SSSR count). The number of hydrogen-bond acceptors (Lipinski definition) is 6. The van der Waals surface area contributed by atoms with E-state index in [1.165, 1.54) is 24.3 Å². The normalized spacial score (nSPS) is 19.2. The molecule has 0 spiro atoms. The summed E-state index contributed by atoms with van der Waals surface area (Å²) in [5, 5.41) is 6.68. The van der Waals surface area contributed by atoms with Crippen LogP contribution in [0.15, 0.2) is 47.4 Å². The van der Waals surface area contributed by atoms with Crippen LogP contribution in [-0.2, 0) is 19.4 Å². The number of nitrogens with one attached hydrogen (secondary N) is 3. The molecule has 30 heavy (non-hydrogen) atoms. The van der Waals surface area contributed by atoms with E-state index in [1.54, 1.807) is 0 Å². The number of carbonyl (C=O) groups is 2. The van der Waals surface area contributed by atoms with Crippen LogP contribution in [0.3, 0.4) is 0 Å². The van der Waals surface area contributed by atoms with E-state index in [0.717, 1.165) is 23.9 Å². The molecule has 0 aromatic heterocycles. The summed E-state index contributed by atoms with van der Waals surface area (Å²) in [5.74, 6) is -3.11. The number of hydrogen-bond donors (Lipinski definition) is 3. The summed E-state index contributed by atoms with van der Waals surface area (Å²) in [6.45, 7) is -0.150. The predicted octanol–water partition coefficient (Wildman–Crippen LogP) is 2.14. The molecule has 2 aromatic carbocycles. The van der Waals surface area contributed by atoms with Crippen molar-refractivity contribution in [3.63, 3.8) is 0 Å². The maximum atomic E-state index is 13.6. The molecular weight excluding hydrogens is 460 g/mol. The number of anilines is 1. The first-order valence-electron chi connectivity index (χ1n) is 8.56.